The molecule has 2 aliphatic carbocycles. The van der Waals surface area contributed by atoms with E-state index in [1.165, 1.54) is 25.5 Å². The zero-order valence-electron chi connectivity index (χ0n) is 20.6. The number of nitrogens with zero attached hydrogens (tertiary/aromatic N) is 5. The highest BCUT2D eigenvalue weighted by atomic mass is 16.1. The number of hydrogen-bond acceptors (Lipinski definition) is 6. The van der Waals surface area contributed by atoms with Crippen molar-refractivity contribution in [2.75, 3.05) is 5.32 Å². The number of nitrogens with one attached hydrogen (secondary N) is 2. The molecule has 3 aromatic rings. The Hall–Kier alpha value is -3.47. The summed E-state index contributed by atoms with van der Waals surface area (Å²) in [5.74, 6) is 0.505. The Morgan fingerprint density at radius 2 is 1.71 bits per heavy atom. The zero-order valence-corrected chi connectivity index (χ0v) is 20.6. The molecule has 0 atom stereocenters. The van der Waals surface area contributed by atoms with Gasteiger partial charge in [-0.15, -0.1) is 0 Å². The smallest absolute Gasteiger partial charge is 0.255 e. The number of hydrogen-bond donors (Lipinski definition) is 2. The fraction of sp³-hybridized carbons (Fsp3) is 0.500. The molecule has 34 heavy (non-hydrogen) atoms. The van der Waals surface area contributed by atoms with E-state index in [1.807, 2.05) is 33.8 Å². The van der Waals surface area contributed by atoms with E-state index in [0.717, 1.165) is 36.8 Å². The molecule has 0 aromatic carbocycles. The molecule has 5 rings (SSSR count). The van der Waals surface area contributed by atoms with Crippen LogP contribution < -0.4 is 10.6 Å². The standard InChI is InChI=1S/C22H23N7O.2C2H6/c23-10-14-8-15-12-26-29(21(15)25-11-14)20-9-19(27-17-6-7-17)18(13-24-20)22(30)28-16-4-2-1-3-5-16;2*1-2/h8-9,11-13,16-17H,1-7H2,(H,24,27)(H,28,30);2*1-2H3. The summed E-state index contributed by atoms with van der Waals surface area (Å²) >= 11 is 0. The summed E-state index contributed by atoms with van der Waals surface area (Å²) in [5.41, 5.74) is 2.44. The Morgan fingerprint density at radius 3 is 2.38 bits per heavy atom. The van der Waals surface area contributed by atoms with Crippen LogP contribution in [0.1, 0.15) is 88.6 Å². The SMILES string of the molecule is CC.CC.N#Cc1cnc2c(cnn2-c2cc(NC3CC3)c(C(=O)NC3CCCCC3)cn2)c1. The van der Waals surface area contributed by atoms with Gasteiger partial charge in [-0.25, -0.2) is 9.97 Å². The Morgan fingerprint density at radius 1 is 0.971 bits per heavy atom. The van der Waals surface area contributed by atoms with Gasteiger partial charge in [0.05, 0.1) is 23.0 Å². The fourth-order valence-corrected chi connectivity index (χ4v) is 3.97. The molecular weight excluding hydrogens is 426 g/mol. The Balaban J connectivity index is 0.000000771. The van der Waals surface area contributed by atoms with E-state index in [1.54, 1.807) is 23.1 Å². The van der Waals surface area contributed by atoms with Gasteiger partial charge in [-0.05, 0) is 31.7 Å². The summed E-state index contributed by atoms with van der Waals surface area (Å²) in [6, 6.07) is 6.34. The topological polar surface area (TPSA) is 109 Å². The molecule has 1 amide bonds. The van der Waals surface area contributed by atoms with Crippen LogP contribution in [0.4, 0.5) is 5.69 Å². The maximum atomic E-state index is 13.0. The highest BCUT2D eigenvalue weighted by Crippen LogP contribution is 2.29. The minimum atomic E-state index is -0.0776. The molecule has 3 heterocycles. The molecule has 2 fully saturated rings. The second-order valence-electron chi connectivity index (χ2n) is 8.12. The van der Waals surface area contributed by atoms with Crippen molar-refractivity contribution in [1.82, 2.24) is 25.1 Å². The molecule has 0 saturated heterocycles. The Kier molecular flexibility index (Phi) is 8.97. The van der Waals surface area contributed by atoms with E-state index in [9.17, 15) is 4.79 Å². The highest BCUT2D eigenvalue weighted by Gasteiger charge is 2.25. The van der Waals surface area contributed by atoms with Crippen molar-refractivity contribution in [3.8, 4) is 11.9 Å². The number of amides is 1. The predicted molar refractivity (Wildman–Crippen MR) is 135 cm³/mol. The van der Waals surface area contributed by atoms with Crippen molar-refractivity contribution in [2.24, 2.45) is 0 Å². The molecule has 0 spiro atoms. The number of carbonyl (C=O) groups excluding carboxylic acids is 1. The number of carbonyl (C=O) groups is 1. The molecule has 0 radical (unpaired) electrons. The lowest BCUT2D eigenvalue weighted by Crippen LogP contribution is -2.36. The zero-order chi connectivity index (χ0) is 24.5. The number of pyridine rings is 2. The van der Waals surface area contributed by atoms with E-state index in [0.29, 0.717) is 28.6 Å². The van der Waals surface area contributed by atoms with Crippen LogP contribution in [0.3, 0.4) is 0 Å². The lowest BCUT2D eigenvalue weighted by atomic mass is 9.95. The van der Waals surface area contributed by atoms with Crippen LogP contribution in [0.2, 0.25) is 0 Å². The minimum absolute atomic E-state index is 0.0776. The fourth-order valence-electron chi connectivity index (χ4n) is 3.97. The van der Waals surface area contributed by atoms with Gasteiger partial charge in [-0.1, -0.05) is 47.0 Å². The number of aromatic nitrogens is 4. The number of nitriles is 1. The number of rotatable bonds is 5. The molecular formula is C26H35N7O. The molecule has 0 aliphatic heterocycles. The van der Waals surface area contributed by atoms with E-state index < -0.39 is 0 Å². The monoisotopic (exact) mass is 461 g/mol. The van der Waals surface area contributed by atoms with Gasteiger partial charge < -0.3 is 10.6 Å². The van der Waals surface area contributed by atoms with E-state index >= 15 is 0 Å². The molecule has 2 N–H and O–H groups in total. The molecule has 0 unspecified atom stereocenters. The Labute approximate surface area is 201 Å². The van der Waals surface area contributed by atoms with Crippen molar-refractivity contribution in [2.45, 2.75) is 84.7 Å². The first-order chi connectivity index (χ1) is 16.7. The summed E-state index contributed by atoms with van der Waals surface area (Å²) < 4.78 is 1.64. The number of fused-ring (bicyclic) bond motifs is 1. The van der Waals surface area contributed by atoms with Crippen LogP contribution in [0.25, 0.3) is 16.9 Å². The van der Waals surface area contributed by atoms with Gasteiger partial charge in [0, 0.05) is 35.9 Å². The molecule has 2 aliphatic rings. The lowest BCUT2D eigenvalue weighted by Gasteiger charge is -2.23. The van der Waals surface area contributed by atoms with Gasteiger partial charge in [0.25, 0.3) is 5.91 Å². The van der Waals surface area contributed by atoms with Crippen LogP contribution >= 0.6 is 0 Å². The van der Waals surface area contributed by atoms with Crippen LogP contribution in [0.15, 0.2) is 30.7 Å². The second-order valence-corrected chi connectivity index (χ2v) is 8.12. The van der Waals surface area contributed by atoms with Gasteiger partial charge in [-0.3, -0.25) is 4.79 Å². The van der Waals surface area contributed by atoms with E-state index in [-0.39, 0.29) is 11.9 Å². The molecule has 3 aromatic heterocycles. The van der Waals surface area contributed by atoms with Crippen molar-refractivity contribution in [3.05, 3.63) is 41.9 Å². The summed E-state index contributed by atoms with van der Waals surface area (Å²) in [6.07, 6.45) is 12.7. The van der Waals surface area contributed by atoms with Crippen LogP contribution in [-0.4, -0.2) is 37.7 Å². The summed E-state index contributed by atoms with van der Waals surface area (Å²) in [7, 11) is 0. The van der Waals surface area contributed by atoms with Gasteiger partial charge in [-0.2, -0.15) is 15.0 Å². The Bertz CT molecular complexity index is 1140. The largest absolute Gasteiger partial charge is 0.382 e. The summed E-state index contributed by atoms with van der Waals surface area (Å²) in [5, 5.41) is 20.9. The molecule has 0 bridgehead atoms. The van der Waals surface area contributed by atoms with Crippen LogP contribution in [0, 0.1) is 11.3 Å². The average molecular weight is 462 g/mol. The van der Waals surface area contributed by atoms with E-state index in [2.05, 4.69) is 31.8 Å². The first-order valence-electron chi connectivity index (χ1n) is 12.5. The average Bonchev–Trinajstić information content (AvgIpc) is 3.62. The van der Waals surface area contributed by atoms with E-state index in [4.69, 9.17) is 5.26 Å². The molecule has 8 nitrogen and oxygen atoms in total. The van der Waals surface area contributed by atoms with Gasteiger partial charge in [0.15, 0.2) is 11.5 Å². The first-order valence-corrected chi connectivity index (χ1v) is 12.5. The molecule has 8 heteroatoms. The third-order valence-electron chi connectivity index (χ3n) is 5.77. The quantitative estimate of drug-likeness (QED) is 0.528. The lowest BCUT2D eigenvalue weighted by molar-refractivity contribution is 0.0928. The van der Waals surface area contributed by atoms with Crippen LogP contribution in [-0.2, 0) is 0 Å². The minimum Gasteiger partial charge on any atom is -0.382 e. The maximum Gasteiger partial charge on any atom is 0.255 e. The number of anilines is 1. The van der Waals surface area contributed by atoms with Crippen molar-refractivity contribution >= 4 is 22.6 Å². The van der Waals surface area contributed by atoms with Crippen LogP contribution in [0.5, 0.6) is 0 Å². The third kappa shape index (κ3) is 5.90. The van der Waals surface area contributed by atoms with Crippen molar-refractivity contribution in [3.63, 3.8) is 0 Å². The summed E-state index contributed by atoms with van der Waals surface area (Å²) in [6.45, 7) is 8.00. The highest BCUT2D eigenvalue weighted by molar-refractivity contribution is 6.00. The normalized spacial score (nSPS) is 15.3. The van der Waals surface area contributed by atoms with Gasteiger partial charge in [0.1, 0.15) is 6.07 Å². The van der Waals surface area contributed by atoms with Gasteiger partial charge in [0.2, 0.25) is 0 Å². The summed E-state index contributed by atoms with van der Waals surface area (Å²) in [4.78, 5) is 21.8. The molecule has 2 saturated carbocycles. The van der Waals surface area contributed by atoms with Crippen molar-refractivity contribution < 1.29 is 4.79 Å². The second kappa shape index (κ2) is 12.1. The molecule has 180 valence electrons. The maximum absolute atomic E-state index is 13.0. The van der Waals surface area contributed by atoms with Gasteiger partial charge >= 0.3 is 0 Å². The predicted octanol–water partition coefficient (Wildman–Crippen LogP) is 5.38. The third-order valence-corrected chi connectivity index (χ3v) is 5.77. The first kappa shape index (κ1) is 25.2. The van der Waals surface area contributed by atoms with Crippen molar-refractivity contribution in [1.29, 1.82) is 5.26 Å².